The SMILES string of the molecule is CC(CCCOCCOCCCC(C)SSc1ccccn1)SSc1ccccn1. The fourth-order valence-electron chi connectivity index (χ4n) is 2.42. The van der Waals surface area contributed by atoms with Crippen molar-refractivity contribution in [3.8, 4) is 0 Å². The van der Waals surface area contributed by atoms with Crippen LogP contribution in [0.3, 0.4) is 0 Å². The highest BCUT2D eigenvalue weighted by Gasteiger charge is 2.06. The van der Waals surface area contributed by atoms with Crippen molar-refractivity contribution in [1.29, 1.82) is 0 Å². The van der Waals surface area contributed by atoms with Gasteiger partial charge in [-0.25, -0.2) is 9.97 Å². The van der Waals surface area contributed by atoms with E-state index in [0.29, 0.717) is 23.7 Å². The summed E-state index contributed by atoms with van der Waals surface area (Å²) >= 11 is 0. The molecular weight excluding hydrogens is 453 g/mol. The van der Waals surface area contributed by atoms with Gasteiger partial charge in [-0.05, 0) is 71.5 Å². The molecule has 0 radical (unpaired) electrons. The highest BCUT2D eigenvalue weighted by Crippen LogP contribution is 2.35. The van der Waals surface area contributed by atoms with E-state index in [0.717, 1.165) is 48.9 Å². The molecule has 2 aromatic heterocycles. The van der Waals surface area contributed by atoms with Crippen molar-refractivity contribution in [2.45, 2.75) is 60.1 Å². The molecule has 0 saturated carbocycles. The molecule has 30 heavy (non-hydrogen) atoms. The monoisotopic (exact) mass is 484 g/mol. The quantitative estimate of drug-likeness (QED) is 0.175. The minimum absolute atomic E-state index is 0.590. The number of pyridine rings is 2. The van der Waals surface area contributed by atoms with Crippen LogP contribution in [-0.4, -0.2) is 46.9 Å². The molecule has 0 aliphatic rings. The van der Waals surface area contributed by atoms with Gasteiger partial charge in [-0.3, -0.25) is 0 Å². The Labute approximate surface area is 197 Å². The summed E-state index contributed by atoms with van der Waals surface area (Å²) in [6, 6.07) is 12.0. The van der Waals surface area contributed by atoms with Gasteiger partial charge in [-0.2, -0.15) is 0 Å². The summed E-state index contributed by atoms with van der Waals surface area (Å²) in [4.78, 5) is 8.66. The van der Waals surface area contributed by atoms with E-state index >= 15 is 0 Å². The molecule has 2 unspecified atom stereocenters. The first-order chi connectivity index (χ1) is 14.7. The van der Waals surface area contributed by atoms with Gasteiger partial charge in [-0.1, -0.05) is 47.6 Å². The second kappa shape index (κ2) is 17.2. The largest absolute Gasteiger partial charge is 0.379 e. The second-order valence-electron chi connectivity index (χ2n) is 6.83. The van der Waals surface area contributed by atoms with Crippen LogP contribution in [0, 0.1) is 0 Å². The maximum atomic E-state index is 5.69. The molecule has 0 spiro atoms. The van der Waals surface area contributed by atoms with Crippen LogP contribution in [0.1, 0.15) is 39.5 Å². The molecule has 0 aromatic carbocycles. The Balaban J connectivity index is 1.33. The van der Waals surface area contributed by atoms with Crippen LogP contribution < -0.4 is 0 Å². The molecule has 2 atom stereocenters. The smallest absolute Gasteiger partial charge is 0.106 e. The van der Waals surface area contributed by atoms with E-state index in [1.807, 2.05) is 70.4 Å². The molecule has 2 heterocycles. The molecule has 0 N–H and O–H groups in total. The predicted octanol–water partition coefficient (Wildman–Crippen LogP) is 7.03. The maximum absolute atomic E-state index is 5.69. The summed E-state index contributed by atoms with van der Waals surface area (Å²) in [7, 11) is 7.26. The maximum Gasteiger partial charge on any atom is 0.106 e. The molecule has 0 saturated heterocycles. The van der Waals surface area contributed by atoms with Crippen molar-refractivity contribution in [1.82, 2.24) is 9.97 Å². The second-order valence-corrected chi connectivity index (χ2v) is 12.1. The lowest BCUT2D eigenvalue weighted by atomic mass is 10.2. The topological polar surface area (TPSA) is 44.2 Å². The highest BCUT2D eigenvalue weighted by atomic mass is 33.1. The summed E-state index contributed by atoms with van der Waals surface area (Å²) in [6.07, 6.45) is 8.14. The lowest BCUT2D eigenvalue weighted by Crippen LogP contribution is -2.08. The average molecular weight is 485 g/mol. The Kier molecular flexibility index (Phi) is 14.8. The molecule has 2 rings (SSSR count). The Morgan fingerprint density at radius 1 is 0.700 bits per heavy atom. The Bertz CT molecular complexity index is 595. The van der Waals surface area contributed by atoms with Gasteiger partial charge in [0.1, 0.15) is 10.1 Å². The van der Waals surface area contributed by atoms with Crippen molar-refractivity contribution >= 4 is 43.2 Å². The third-order valence-corrected chi connectivity index (χ3v) is 9.76. The van der Waals surface area contributed by atoms with Gasteiger partial charge in [0, 0.05) is 36.1 Å². The number of nitrogens with zero attached hydrogens (tertiary/aromatic N) is 2. The zero-order chi connectivity index (χ0) is 21.3. The molecule has 0 aliphatic carbocycles. The van der Waals surface area contributed by atoms with Gasteiger partial charge in [0.2, 0.25) is 0 Å². The molecule has 0 bridgehead atoms. The minimum atomic E-state index is 0.590. The first-order valence-corrected chi connectivity index (χ1v) is 14.8. The van der Waals surface area contributed by atoms with Gasteiger partial charge < -0.3 is 9.47 Å². The average Bonchev–Trinajstić information content (AvgIpc) is 2.79. The van der Waals surface area contributed by atoms with Crippen molar-refractivity contribution < 1.29 is 9.47 Å². The fraction of sp³-hybridized carbons (Fsp3) is 0.545. The fourth-order valence-corrected chi connectivity index (χ4v) is 6.69. The highest BCUT2D eigenvalue weighted by molar-refractivity contribution is 8.77. The van der Waals surface area contributed by atoms with Crippen LogP contribution in [0.4, 0.5) is 0 Å². The van der Waals surface area contributed by atoms with E-state index < -0.39 is 0 Å². The van der Waals surface area contributed by atoms with Gasteiger partial charge in [0.25, 0.3) is 0 Å². The summed E-state index contributed by atoms with van der Waals surface area (Å²) in [6.45, 7) is 7.51. The van der Waals surface area contributed by atoms with Gasteiger partial charge in [-0.15, -0.1) is 0 Å². The molecular formula is C22H32N2O2S4. The molecule has 2 aromatic rings. The first kappa shape index (κ1) is 25.9. The van der Waals surface area contributed by atoms with E-state index in [9.17, 15) is 0 Å². The molecule has 0 aliphatic heterocycles. The molecule has 0 fully saturated rings. The van der Waals surface area contributed by atoms with Crippen LogP contribution in [0.2, 0.25) is 0 Å². The Hall–Kier alpha value is -0.380. The number of hydrogen-bond acceptors (Lipinski definition) is 8. The van der Waals surface area contributed by atoms with Crippen molar-refractivity contribution in [2.24, 2.45) is 0 Å². The third kappa shape index (κ3) is 13.1. The van der Waals surface area contributed by atoms with Crippen LogP contribution in [0.15, 0.2) is 58.8 Å². The van der Waals surface area contributed by atoms with Crippen LogP contribution in [0.25, 0.3) is 0 Å². The number of rotatable bonds is 17. The van der Waals surface area contributed by atoms with Crippen molar-refractivity contribution in [3.05, 3.63) is 48.8 Å². The lowest BCUT2D eigenvalue weighted by molar-refractivity contribution is 0.0452. The summed E-state index contributed by atoms with van der Waals surface area (Å²) in [5.41, 5.74) is 0. The van der Waals surface area contributed by atoms with Gasteiger partial charge in [0.15, 0.2) is 0 Å². The molecule has 166 valence electrons. The van der Waals surface area contributed by atoms with E-state index in [-0.39, 0.29) is 0 Å². The predicted molar refractivity (Wildman–Crippen MR) is 134 cm³/mol. The summed E-state index contributed by atoms with van der Waals surface area (Å²) in [5.74, 6) is 0. The van der Waals surface area contributed by atoms with Crippen molar-refractivity contribution in [2.75, 3.05) is 26.4 Å². The van der Waals surface area contributed by atoms with Crippen molar-refractivity contribution in [3.63, 3.8) is 0 Å². The summed E-state index contributed by atoms with van der Waals surface area (Å²) in [5, 5.41) is 3.32. The number of aromatic nitrogens is 2. The Morgan fingerprint density at radius 3 is 1.57 bits per heavy atom. The Morgan fingerprint density at radius 2 is 1.17 bits per heavy atom. The summed E-state index contributed by atoms with van der Waals surface area (Å²) < 4.78 is 11.4. The standard InChI is InChI=1S/C22H32N2O2S4/c1-19(27-29-21-11-3-5-13-23-21)9-7-15-25-17-18-26-16-8-10-20(2)28-30-22-12-4-6-14-24-22/h3-6,11-14,19-20H,7-10,15-18H2,1-2H3. The zero-order valence-corrected chi connectivity index (χ0v) is 21.0. The molecule has 8 heteroatoms. The van der Waals surface area contributed by atoms with E-state index in [4.69, 9.17) is 9.47 Å². The van der Waals surface area contributed by atoms with Gasteiger partial charge in [0.05, 0.1) is 13.2 Å². The minimum Gasteiger partial charge on any atom is -0.379 e. The van der Waals surface area contributed by atoms with E-state index in [2.05, 4.69) is 23.8 Å². The van der Waals surface area contributed by atoms with Gasteiger partial charge >= 0.3 is 0 Å². The molecule has 0 amide bonds. The van der Waals surface area contributed by atoms with Crippen LogP contribution >= 0.6 is 43.2 Å². The lowest BCUT2D eigenvalue weighted by Gasteiger charge is -2.11. The number of hydrogen-bond donors (Lipinski definition) is 0. The normalized spacial score (nSPS) is 13.3. The van der Waals surface area contributed by atoms with Crippen LogP contribution in [0.5, 0.6) is 0 Å². The van der Waals surface area contributed by atoms with Crippen LogP contribution in [-0.2, 0) is 9.47 Å². The zero-order valence-electron chi connectivity index (χ0n) is 17.8. The van der Waals surface area contributed by atoms with E-state index in [1.54, 1.807) is 21.6 Å². The molecule has 4 nitrogen and oxygen atoms in total. The first-order valence-electron chi connectivity index (χ1n) is 10.4. The number of ether oxygens (including phenoxy) is 2. The third-order valence-electron chi connectivity index (χ3n) is 4.04. The van der Waals surface area contributed by atoms with E-state index in [1.165, 1.54) is 0 Å².